The molecule has 1 heterocycles. The van der Waals surface area contributed by atoms with E-state index in [9.17, 15) is 9.59 Å². The van der Waals surface area contributed by atoms with Gasteiger partial charge in [-0.3, -0.25) is 14.5 Å². The van der Waals surface area contributed by atoms with Crippen LogP contribution in [0.25, 0.3) is 6.08 Å². The summed E-state index contributed by atoms with van der Waals surface area (Å²) < 4.78 is 17.3. The van der Waals surface area contributed by atoms with Crippen molar-refractivity contribution >= 4 is 29.0 Å². The maximum atomic E-state index is 12.8. The van der Waals surface area contributed by atoms with Gasteiger partial charge in [0.25, 0.3) is 11.1 Å². The van der Waals surface area contributed by atoms with Gasteiger partial charge in [-0.25, -0.2) is 0 Å². The molecular weight excluding hydrogens is 498 g/mol. The van der Waals surface area contributed by atoms with Crippen molar-refractivity contribution in [3.8, 4) is 17.2 Å². The van der Waals surface area contributed by atoms with Gasteiger partial charge < -0.3 is 14.2 Å². The van der Waals surface area contributed by atoms with Gasteiger partial charge in [-0.1, -0.05) is 62.7 Å². The van der Waals surface area contributed by atoms with Crippen molar-refractivity contribution in [1.29, 1.82) is 0 Å². The number of nitrogens with zero attached hydrogens (tertiary/aromatic N) is 1. The lowest BCUT2D eigenvalue weighted by Crippen LogP contribution is -2.32. The fourth-order valence-electron chi connectivity index (χ4n) is 3.80. The molecule has 0 radical (unpaired) electrons. The van der Waals surface area contributed by atoms with Crippen LogP contribution in [0.4, 0.5) is 4.79 Å². The molecule has 38 heavy (non-hydrogen) atoms. The van der Waals surface area contributed by atoms with E-state index < -0.39 is 0 Å². The standard InChI is InChI=1S/C31H33NO5S/c1-22-8-12-25(13-9-22)35-17-16-32-29(33)28(38-30(32)34)21-23-6-5-7-27(20-23)37-19-18-36-26-14-10-24(11-15-26)31(2,3)4/h5-15,20-21H,16-19H2,1-4H3/b28-21-. The lowest BCUT2D eigenvalue weighted by molar-refractivity contribution is -0.123. The predicted octanol–water partition coefficient (Wildman–Crippen LogP) is 6.87. The molecule has 198 valence electrons. The van der Waals surface area contributed by atoms with Gasteiger partial charge in [0.2, 0.25) is 0 Å². The number of benzene rings is 3. The van der Waals surface area contributed by atoms with E-state index >= 15 is 0 Å². The molecule has 0 saturated carbocycles. The van der Waals surface area contributed by atoms with E-state index in [2.05, 4.69) is 32.9 Å². The Hall–Kier alpha value is -3.71. The molecule has 1 fully saturated rings. The highest BCUT2D eigenvalue weighted by Crippen LogP contribution is 2.32. The minimum absolute atomic E-state index is 0.102. The van der Waals surface area contributed by atoms with Crippen molar-refractivity contribution in [2.75, 3.05) is 26.4 Å². The Morgan fingerprint density at radius 2 is 1.39 bits per heavy atom. The van der Waals surface area contributed by atoms with Crippen LogP contribution in [-0.4, -0.2) is 42.4 Å². The second-order valence-electron chi connectivity index (χ2n) is 10.0. The monoisotopic (exact) mass is 531 g/mol. The second kappa shape index (κ2) is 12.2. The summed E-state index contributed by atoms with van der Waals surface area (Å²) in [5.74, 6) is 1.86. The highest BCUT2D eigenvalue weighted by Gasteiger charge is 2.34. The van der Waals surface area contributed by atoms with Gasteiger partial charge in [0.05, 0.1) is 11.4 Å². The number of carbonyl (C=O) groups is 2. The van der Waals surface area contributed by atoms with Crippen LogP contribution in [0.5, 0.6) is 17.2 Å². The number of carbonyl (C=O) groups excluding carboxylic acids is 2. The van der Waals surface area contributed by atoms with E-state index in [4.69, 9.17) is 14.2 Å². The summed E-state index contributed by atoms with van der Waals surface area (Å²) in [6, 6.07) is 23.2. The molecule has 0 aromatic heterocycles. The largest absolute Gasteiger partial charge is 0.492 e. The van der Waals surface area contributed by atoms with Crippen molar-refractivity contribution in [3.63, 3.8) is 0 Å². The number of rotatable bonds is 10. The van der Waals surface area contributed by atoms with Crippen LogP contribution >= 0.6 is 11.8 Å². The van der Waals surface area contributed by atoms with Crippen LogP contribution in [-0.2, 0) is 10.2 Å². The van der Waals surface area contributed by atoms with Gasteiger partial charge in [0.15, 0.2) is 0 Å². The highest BCUT2D eigenvalue weighted by molar-refractivity contribution is 8.18. The van der Waals surface area contributed by atoms with Crippen molar-refractivity contribution < 1.29 is 23.8 Å². The van der Waals surface area contributed by atoms with E-state index in [1.165, 1.54) is 10.5 Å². The molecule has 6 nitrogen and oxygen atoms in total. The molecule has 0 spiro atoms. The molecule has 3 aromatic rings. The molecule has 0 N–H and O–H groups in total. The van der Waals surface area contributed by atoms with Gasteiger partial charge in [-0.15, -0.1) is 0 Å². The summed E-state index contributed by atoms with van der Waals surface area (Å²) in [5, 5.41) is -0.297. The molecule has 3 aromatic carbocycles. The third kappa shape index (κ3) is 7.42. The van der Waals surface area contributed by atoms with Gasteiger partial charge in [-0.05, 0) is 77.7 Å². The highest BCUT2D eigenvalue weighted by atomic mass is 32.2. The van der Waals surface area contributed by atoms with E-state index in [1.807, 2.05) is 67.6 Å². The van der Waals surface area contributed by atoms with E-state index in [0.717, 1.165) is 28.6 Å². The molecule has 7 heteroatoms. The summed E-state index contributed by atoms with van der Waals surface area (Å²) >= 11 is 0.934. The number of thioether (sulfide) groups is 1. The Morgan fingerprint density at radius 3 is 2.05 bits per heavy atom. The Labute approximate surface area is 228 Å². The smallest absolute Gasteiger partial charge is 0.293 e. The number of amides is 2. The Bertz CT molecular complexity index is 1290. The molecule has 4 rings (SSSR count). The SMILES string of the molecule is Cc1ccc(OCCN2C(=O)S/C(=C\c3cccc(OCCOc4ccc(C(C)(C)C)cc4)c3)C2=O)cc1. The zero-order valence-corrected chi connectivity index (χ0v) is 23.0. The lowest BCUT2D eigenvalue weighted by Gasteiger charge is -2.19. The van der Waals surface area contributed by atoms with Crippen molar-refractivity contribution in [3.05, 3.63) is 94.4 Å². The Balaban J connectivity index is 1.26. The molecule has 0 aliphatic carbocycles. The van der Waals surface area contributed by atoms with Crippen LogP contribution in [0, 0.1) is 6.92 Å². The number of aryl methyl sites for hydroxylation is 1. The Kier molecular flexibility index (Phi) is 8.79. The summed E-state index contributed by atoms with van der Waals surface area (Å²) in [7, 11) is 0. The van der Waals surface area contributed by atoms with Crippen molar-refractivity contribution in [2.45, 2.75) is 33.1 Å². The number of ether oxygens (including phenoxy) is 3. The van der Waals surface area contributed by atoms with E-state index in [-0.39, 0.29) is 29.7 Å². The lowest BCUT2D eigenvalue weighted by atomic mass is 9.87. The van der Waals surface area contributed by atoms with Crippen molar-refractivity contribution in [1.82, 2.24) is 4.90 Å². The fourth-order valence-corrected chi connectivity index (χ4v) is 4.66. The van der Waals surface area contributed by atoms with Gasteiger partial charge >= 0.3 is 0 Å². The molecule has 0 atom stereocenters. The maximum absolute atomic E-state index is 12.8. The van der Waals surface area contributed by atoms with Crippen LogP contribution in [0.3, 0.4) is 0 Å². The van der Waals surface area contributed by atoms with Crippen LogP contribution in [0.1, 0.15) is 37.5 Å². The topological polar surface area (TPSA) is 65.1 Å². The third-order valence-electron chi connectivity index (χ3n) is 5.98. The first kappa shape index (κ1) is 27.3. The van der Waals surface area contributed by atoms with Gasteiger partial charge in [-0.2, -0.15) is 0 Å². The summed E-state index contributed by atoms with van der Waals surface area (Å²) in [5.41, 5.74) is 3.28. The fraction of sp³-hybridized carbons (Fsp3) is 0.290. The zero-order chi connectivity index (χ0) is 27.1. The second-order valence-corrected chi connectivity index (χ2v) is 11.0. The van der Waals surface area contributed by atoms with Gasteiger partial charge in [0, 0.05) is 0 Å². The molecule has 1 aliphatic heterocycles. The minimum atomic E-state index is -0.315. The van der Waals surface area contributed by atoms with E-state index in [1.54, 1.807) is 6.08 Å². The predicted molar refractivity (Wildman–Crippen MR) is 152 cm³/mol. The van der Waals surface area contributed by atoms with Crippen LogP contribution in [0.15, 0.2) is 77.7 Å². The minimum Gasteiger partial charge on any atom is -0.492 e. The summed E-state index contributed by atoms with van der Waals surface area (Å²) in [4.78, 5) is 26.9. The normalized spacial score (nSPS) is 14.7. The first-order valence-corrected chi connectivity index (χ1v) is 13.4. The average molecular weight is 532 g/mol. The summed E-state index contributed by atoms with van der Waals surface area (Å²) in [6.07, 6.45) is 1.71. The van der Waals surface area contributed by atoms with E-state index in [0.29, 0.717) is 29.6 Å². The zero-order valence-electron chi connectivity index (χ0n) is 22.2. The molecule has 1 aliphatic rings. The number of imide groups is 1. The molecule has 0 bridgehead atoms. The van der Waals surface area contributed by atoms with Gasteiger partial charge in [0.1, 0.15) is 37.1 Å². The number of hydrogen-bond donors (Lipinski definition) is 0. The number of hydrogen-bond acceptors (Lipinski definition) is 6. The van der Waals surface area contributed by atoms with Crippen LogP contribution < -0.4 is 14.2 Å². The van der Waals surface area contributed by atoms with Crippen LogP contribution in [0.2, 0.25) is 0 Å². The molecule has 0 unspecified atom stereocenters. The maximum Gasteiger partial charge on any atom is 0.293 e. The molecule has 2 amide bonds. The first-order chi connectivity index (χ1) is 18.2. The van der Waals surface area contributed by atoms with Crippen molar-refractivity contribution in [2.24, 2.45) is 0 Å². The third-order valence-corrected chi connectivity index (χ3v) is 6.88. The molecular formula is C31H33NO5S. The quantitative estimate of drug-likeness (QED) is 0.210. The Morgan fingerprint density at radius 1 is 0.789 bits per heavy atom. The molecule has 1 saturated heterocycles. The summed E-state index contributed by atoms with van der Waals surface area (Å²) in [6.45, 7) is 9.75. The first-order valence-electron chi connectivity index (χ1n) is 12.6. The average Bonchev–Trinajstić information content (AvgIpc) is 3.15.